The van der Waals surface area contributed by atoms with E-state index < -0.39 is 0 Å². The van der Waals surface area contributed by atoms with Gasteiger partial charge >= 0.3 is 0 Å². The van der Waals surface area contributed by atoms with Gasteiger partial charge in [0.05, 0.1) is 11.8 Å². The zero-order valence-corrected chi connectivity index (χ0v) is 14.2. The highest BCUT2D eigenvalue weighted by Gasteiger charge is 2.17. The van der Waals surface area contributed by atoms with E-state index in [1.54, 1.807) is 24.2 Å². The van der Waals surface area contributed by atoms with Gasteiger partial charge in [-0.3, -0.25) is 9.55 Å². The van der Waals surface area contributed by atoms with Gasteiger partial charge in [0.15, 0.2) is 11.0 Å². The number of hydrogen-bond donors (Lipinski definition) is 0. The summed E-state index contributed by atoms with van der Waals surface area (Å²) in [5, 5.41) is 18.3. The van der Waals surface area contributed by atoms with Gasteiger partial charge in [-0.25, -0.2) is 0 Å². The van der Waals surface area contributed by atoms with Gasteiger partial charge in [0, 0.05) is 30.1 Å². The van der Waals surface area contributed by atoms with E-state index in [0.29, 0.717) is 6.42 Å². The molecule has 0 amide bonds. The maximum absolute atomic E-state index is 8.69. The van der Waals surface area contributed by atoms with E-state index in [1.165, 1.54) is 0 Å². The second-order valence-electron chi connectivity index (χ2n) is 5.27. The minimum Gasteiger partial charge on any atom is -0.270 e. The zero-order chi connectivity index (χ0) is 16.8. The van der Waals surface area contributed by atoms with Crippen LogP contribution in [0.1, 0.15) is 18.4 Å². The molecule has 0 radical (unpaired) electrons. The smallest absolute Gasteiger partial charge is 0.196 e. The molecule has 0 unspecified atom stereocenters. The Bertz CT molecular complexity index is 851. The fourth-order valence-electron chi connectivity index (χ4n) is 2.40. The monoisotopic (exact) mass is 335 g/mol. The number of hydrogen-bond acceptors (Lipinski definition) is 5. The first kappa shape index (κ1) is 16.2. The van der Waals surface area contributed by atoms with E-state index in [1.807, 2.05) is 24.3 Å². The number of rotatable bonds is 6. The van der Waals surface area contributed by atoms with Gasteiger partial charge in [-0.15, -0.1) is 10.2 Å². The summed E-state index contributed by atoms with van der Waals surface area (Å²) in [5.74, 6) is 1.64. The summed E-state index contributed by atoms with van der Waals surface area (Å²) < 4.78 is 2.09. The largest absolute Gasteiger partial charge is 0.270 e. The highest BCUT2D eigenvalue weighted by atomic mass is 32.2. The van der Waals surface area contributed by atoms with Crippen LogP contribution in [-0.4, -0.2) is 25.5 Å². The first-order valence-electron chi connectivity index (χ1n) is 7.73. The molecule has 0 saturated heterocycles. The number of para-hydroxylation sites is 1. The Hall–Kier alpha value is -2.65. The molecule has 0 aliphatic heterocycles. The van der Waals surface area contributed by atoms with Crippen LogP contribution in [-0.2, 0) is 0 Å². The summed E-state index contributed by atoms with van der Waals surface area (Å²) >= 11 is 1.63. The number of nitriles is 1. The van der Waals surface area contributed by atoms with Crippen LogP contribution in [0, 0.1) is 18.3 Å². The molecule has 0 N–H and O–H groups in total. The Morgan fingerprint density at radius 1 is 1.12 bits per heavy atom. The molecule has 0 atom stereocenters. The summed E-state index contributed by atoms with van der Waals surface area (Å²) in [6.07, 6.45) is 4.91. The minimum absolute atomic E-state index is 0.558. The van der Waals surface area contributed by atoms with Crippen LogP contribution < -0.4 is 0 Å². The van der Waals surface area contributed by atoms with Gasteiger partial charge in [0.2, 0.25) is 0 Å². The second-order valence-corrected chi connectivity index (χ2v) is 6.34. The van der Waals surface area contributed by atoms with Crippen molar-refractivity contribution in [2.24, 2.45) is 0 Å². The summed E-state index contributed by atoms with van der Waals surface area (Å²) in [4.78, 5) is 4.07. The van der Waals surface area contributed by atoms with Crippen molar-refractivity contribution < 1.29 is 0 Å². The first-order chi connectivity index (χ1) is 11.8. The van der Waals surface area contributed by atoms with E-state index in [2.05, 4.69) is 44.9 Å². The maximum atomic E-state index is 8.69. The molecule has 0 saturated carbocycles. The fraction of sp³-hybridized carbons (Fsp3) is 0.222. The zero-order valence-electron chi connectivity index (χ0n) is 13.4. The lowest BCUT2D eigenvalue weighted by atomic mass is 10.2. The lowest BCUT2D eigenvalue weighted by Crippen LogP contribution is -2.02. The first-order valence-corrected chi connectivity index (χ1v) is 8.71. The molecule has 5 nitrogen and oxygen atoms in total. The SMILES string of the molecule is Cc1ccccc1-n1c(SCCCC#N)nnc1-c1ccncc1. The molecule has 0 aliphatic carbocycles. The standard InChI is InChI=1S/C18H17N5S/c1-14-6-2-3-7-16(14)23-17(15-8-11-20-12-9-15)21-22-18(23)24-13-5-4-10-19/h2-3,6-9,11-12H,4-5,13H2,1H3. The van der Waals surface area contributed by atoms with Gasteiger partial charge in [0.25, 0.3) is 0 Å². The predicted octanol–water partition coefficient (Wildman–Crippen LogP) is 4.03. The van der Waals surface area contributed by atoms with Crippen molar-refractivity contribution in [2.75, 3.05) is 5.75 Å². The van der Waals surface area contributed by atoms with Crippen molar-refractivity contribution in [2.45, 2.75) is 24.9 Å². The molecule has 0 spiro atoms. The van der Waals surface area contributed by atoms with Gasteiger partial charge in [-0.1, -0.05) is 30.0 Å². The van der Waals surface area contributed by atoms with Crippen molar-refractivity contribution in [3.8, 4) is 23.1 Å². The van der Waals surface area contributed by atoms with Crippen LogP contribution in [0.2, 0.25) is 0 Å². The third kappa shape index (κ3) is 3.47. The van der Waals surface area contributed by atoms with Crippen molar-refractivity contribution in [3.63, 3.8) is 0 Å². The normalized spacial score (nSPS) is 10.5. The van der Waals surface area contributed by atoms with Crippen LogP contribution in [0.5, 0.6) is 0 Å². The lowest BCUT2D eigenvalue weighted by Gasteiger charge is -2.12. The van der Waals surface area contributed by atoms with E-state index in [4.69, 9.17) is 5.26 Å². The van der Waals surface area contributed by atoms with Crippen LogP contribution >= 0.6 is 11.8 Å². The predicted molar refractivity (Wildman–Crippen MR) is 94.9 cm³/mol. The Balaban J connectivity index is 2.03. The highest BCUT2D eigenvalue weighted by Crippen LogP contribution is 2.29. The van der Waals surface area contributed by atoms with Crippen LogP contribution in [0.15, 0.2) is 53.9 Å². The Kier molecular flexibility index (Phi) is 5.24. The lowest BCUT2D eigenvalue weighted by molar-refractivity contribution is 0.875. The molecule has 120 valence electrons. The van der Waals surface area contributed by atoms with Crippen molar-refractivity contribution in [3.05, 3.63) is 54.4 Å². The topological polar surface area (TPSA) is 67.4 Å². The van der Waals surface area contributed by atoms with Crippen molar-refractivity contribution in [1.29, 1.82) is 5.26 Å². The van der Waals surface area contributed by atoms with Gasteiger partial charge in [0.1, 0.15) is 0 Å². The Morgan fingerprint density at radius 2 is 1.92 bits per heavy atom. The summed E-state index contributed by atoms with van der Waals surface area (Å²) in [7, 11) is 0. The number of pyridine rings is 1. The summed E-state index contributed by atoms with van der Waals surface area (Å²) in [6.45, 7) is 2.08. The molecule has 3 aromatic rings. The summed E-state index contributed by atoms with van der Waals surface area (Å²) in [6, 6.07) is 14.2. The van der Waals surface area contributed by atoms with Crippen LogP contribution in [0.3, 0.4) is 0 Å². The number of nitrogens with zero attached hydrogens (tertiary/aromatic N) is 5. The van der Waals surface area contributed by atoms with E-state index >= 15 is 0 Å². The minimum atomic E-state index is 0.558. The van der Waals surface area contributed by atoms with Gasteiger partial charge < -0.3 is 0 Å². The molecule has 1 aromatic carbocycles. The Labute approximate surface area is 145 Å². The van der Waals surface area contributed by atoms with Gasteiger partial charge in [-0.05, 0) is 37.1 Å². The molecule has 0 fully saturated rings. The van der Waals surface area contributed by atoms with Crippen molar-refractivity contribution >= 4 is 11.8 Å². The molecule has 3 rings (SSSR count). The quantitative estimate of drug-likeness (QED) is 0.502. The molecular formula is C18H17N5S. The summed E-state index contributed by atoms with van der Waals surface area (Å²) in [5.41, 5.74) is 3.20. The number of thioether (sulfide) groups is 1. The number of unbranched alkanes of at least 4 members (excludes halogenated alkanes) is 1. The third-order valence-electron chi connectivity index (χ3n) is 3.59. The average Bonchev–Trinajstić information content (AvgIpc) is 3.03. The molecule has 2 heterocycles. The van der Waals surface area contributed by atoms with E-state index in [0.717, 1.165) is 40.0 Å². The number of aryl methyl sites for hydroxylation is 1. The number of benzene rings is 1. The second kappa shape index (κ2) is 7.75. The van der Waals surface area contributed by atoms with E-state index in [9.17, 15) is 0 Å². The van der Waals surface area contributed by atoms with Crippen LogP contribution in [0.4, 0.5) is 0 Å². The van der Waals surface area contributed by atoms with Gasteiger partial charge in [-0.2, -0.15) is 5.26 Å². The molecule has 24 heavy (non-hydrogen) atoms. The van der Waals surface area contributed by atoms with E-state index in [-0.39, 0.29) is 0 Å². The third-order valence-corrected chi connectivity index (χ3v) is 4.61. The average molecular weight is 335 g/mol. The highest BCUT2D eigenvalue weighted by molar-refractivity contribution is 7.99. The molecule has 0 bridgehead atoms. The number of aromatic nitrogens is 4. The molecule has 2 aromatic heterocycles. The molecule has 6 heteroatoms. The Morgan fingerprint density at radius 3 is 2.67 bits per heavy atom. The van der Waals surface area contributed by atoms with Crippen molar-refractivity contribution in [1.82, 2.24) is 19.7 Å². The molecule has 0 aliphatic rings. The van der Waals surface area contributed by atoms with Crippen LogP contribution in [0.25, 0.3) is 17.1 Å². The maximum Gasteiger partial charge on any atom is 0.196 e. The fourth-order valence-corrected chi connectivity index (χ4v) is 3.28. The molecular weight excluding hydrogens is 318 g/mol.